The van der Waals surface area contributed by atoms with Gasteiger partial charge in [-0.05, 0) is 67.1 Å². The SMILES string of the molecule is CCc1ccc(C2CCN(Cc3ccc(Cl)c(Cl)c3)CC2)cc1.O=C(O)/C=C/C(=O)O. The van der Waals surface area contributed by atoms with Crippen molar-refractivity contribution in [3.05, 3.63) is 81.4 Å². The van der Waals surface area contributed by atoms with Gasteiger partial charge in [-0.25, -0.2) is 9.59 Å². The van der Waals surface area contributed by atoms with Crippen molar-refractivity contribution in [2.75, 3.05) is 13.1 Å². The van der Waals surface area contributed by atoms with E-state index in [2.05, 4.69) is 42.2 Å². The number of carboxylic acid groups (broad SMARTS) is 2. The number of carbonyl (C=O) groups is 2. The van der Waals surface area contributed by atoms with Crippen molar-refractivity contribution in [3.8, 4) is 0 Å². The molecule has 0 unspecified atom stereocenters. The lowest BCUT2D eigenvalue weighted by molar-refractivity contribution is -0.134. The second kappa shape index (κ2) is 12.5. The third-order valence-corrected chi connectivity index (χ3v) is 5.94. The number of halogens is 2. The molecule has 0 aliphatic carbocycles. The van der Waals surface area contributed by atoms with Crippen molar-refractivity contribution in [1.29, 1.82) is 0 Å². The Morgan fingerprint density at radius 1 is 0.935 bits per heavy atom. The van der Waals surface area contributed by atoms with Gasteiger partial charge in [-0.15, -0.1) is 0 Å². The van der Waals surface area contributed by atoms with E-state index in [4.69, 9.17) is 33.4 Å². The van der Waals surface area contributed by atoms with Gasteiger partial charge in [0.25, 0.3) is 0 Å². The number of benzene rings is 2. The van der Waals surface area contributed by atoms with Crippen LogP contribution in [0.4, 0.5) is 0 Å². The van der Waals surface area contributed by atoms with E-state index in [-0.39, 0.29) is 0 Å². The Morgan fingerprint density at radius 3 is 1.97 bits per heavy atom. The first-order chi connectivity index (χ1) is 14.8. The van der Waals surface area contributed by atoms with E-state index in [0.717, 1.165) is 26.1 Å². The lowest BCUT2D eigenvalue weighted by atomic mass is 9.88. The van der Waals surface area contributed by atoms with Crippen molar-refractivity contribution in [3.63, 3.8) is 0 Å². The van der Waals surface area contributed by atoms with Crippen LogP contribution < -0.4 is 0 Å². The predicted octanol–water partition coefficient (Wildman–Crippen LogP) is 5.65. The van der Waals surface area contributed by atoms with Gasteiger partial charge in [-0.1, -0.05) is 60.5 Å². The zero-order valence-corrected chi connectivity index (χ0v) is 18.9. The van der Waals surface area contributed by atoms with E-state index in [1.807, 2.05) is 12.1 Å². The molecule has 2 aromatic rings. The molecule has 5 nitrogen and oxygen atoms in total. The van der Waals surface area contributed by atoms with E-state index in [1.54, 1.807) is 0 Å². The zero-order valence-electron chi connectivity index (χ0n) is 17.4. The van der Waals surface area contributed by atoms with Crippen LogP contribution in [-0.2, 0) is 22.6 Å². The number of nitrogens with zero attached hydrogens (tertiary/aromatic N) is 1. The first kappa shape index (κ1) is 24.9. The van der Waals surface area contributed by atoms with Gasteiger partial charge in [0.05, 0.1) is 10.0 Å². The number of likely N-dealkylation sites (tertiary alicyclic amines) is 1. The molecular weight excluding hydrogens is 437 g/mol. The Hall–Kier alpha value is -2.34. The Morgan fingerprint density at radius 2 is 1.48 bits per heavy atom. The van der Waals surface area contributed by atoms with Crippen LogP contribution >= 0.6 is 23.2 Å². The Kier molecular flexibility index (Phi) is 10.0. The second-order valence-corrected chi connectivity index (χ2v) is 8.22. The minimum absolute atomic E-state index is 0.558. The standard InChI is InChI=1S/C20H23Cl2N.C4H4O4/c1-2-15-3-6-17(7-4-15)18-9-11-23(12-10-18)14-16-5-8-19(21)20(22)13-16;5-3(6)1-2-4(7)8/h3-8,13,18H,2,9-12,14H2,1H3;1-2H,(H,5,6)(H,7,8)/b;2-1+. The molecule has 166 valence electrons. The van der Waals surface area contributed by atoms with Gasteiger partial charge in [0.1, 0.15) is 0 Å². The van der Waals surface area contributed by atoms with Gasteiger partial charge in [0, 0.05) is 18.7 Å². The molecule has 1 aliphatic rings. The molecule has 0 bridgehead atoms. The fraction of sp³-hybridized carbons (Fsp3) is 0.333. The summed E-state index contributed by atoms with van der Waals surface area (Å²) in [4.78, 5) is 21.6. The molecule has 1 fully saturated rings. The lowest BCUT2D eigenvalue weighted by Crippen LogP contribution is -2.32. The molecule has 1 heterocycles. The maximum absolute atomic E-state index is 9.55. The summed E-state index contributed by atoms with van der Waals surface area (Å²) in [6.45, 7) is 5.44. The molecule has 3 rings (SSSR count). The molecule has 0 spiro atoms. The average Bonchev–Trinajstić information content (AvgIpc) is 2.76. The number of rotatable bonds is 6. The minimum Gasteiger partial charge on any atom is -0.478 e. The van der Waals surface area contributed by atoms with Crippen molar-refractivity contribution in [1.82, 2.24) is 4.90 Å². The Bertz CT molecular complexity index is 888. The lowest BCUT2D eigenvalue weighted by Gasteiger charge is -2.32. The molecule has 31 heavy (non-hydrogen) atoms. The van der Waals surface area contributed by atoms with Gasteiger partial charge in [-0.3, -0.25) is 4.90 Å². The normalized spacial score (nSPS) is 14.8. The summed E-state index contributed by atoms with van der Waals surface area (Å²) >= 11 is 12.1. The van der Waals surface area contributed by atoms with Crippen LogP contribution in [0.3, 0.4) is 0 Å². The quantitative estimate of drug-likeness (QED) is 0.541. The average molecular weight is 464 g/mol. The molecule has 1 aliphatic heterocycles. The number of hydrogen-bond donors (Lipinski definition) is 2. The Labute approximate surface area is 192 Å². The summed E-state index contributed by atoms with van der Waals surface area (Å²) < 4.78 is 0. The second-order valence-electron chi connectivity index (χ2n) is 7.40. The van der Waals surface area contributed by atoms with Crippen LogP contribution in [0.5, 0.6) is 0 Å². The van der Waals surface area contributed by atoms with E-state index >= 15 is 0 Å². The highest BCUT2D eigenvalue weighted by molar-refractivity contribution is 6.42. The Balaban J connectivity index is 0.000000366. The predicted molar refractivity (Wildman–Crippen MR) is 124 cm³/mol. The number of aryl methyl sites for hydroxylation is 1. The third-order valence-electron chi connectivity index (χ3n) is 5.21. The van der Waals surface area contributed by atoms with Crippen LogP contribution in [0.15, 0.2) is 54.6 Å². The molecule has 0 atom stereocenters. The largest absolute Gasteiger partial charge is 0.478 e. The summed E-state index contributed by atoms with van der Waals surface area (Å²) in [5, 5.41) is 16.9. The monoisotopic (exact) mass is 463 g/mol. The molecule has 0 aromatic heterocycles. The minimum atomic E-state index is -1.26. The summed E-state index contributed by atoms with van der Waals surface area (Å²) in [7, 11) is 0. The highest BCUT2D eigenvalue weighted by Crippen LogP contribution is 2.29. The van der Waals surface area contributed by atoms with Crippen LogP contribution in [0.1, 0.15) is 42.4 Å². The summed E-state index contributed by atoms with van der Waals surface area (Å²) in [5.41, 5.74) is 4.16. The van der Waals surface area contributed by atoms with Gasteiger partial charge in [0.2, 0.25) is 0 Å². The highest BCUT2D eigenvalue weighted by atomic mass is 35.5. The topological polar surface area (TPSA) is 77.8 Å². The maximum atomic E-state index is 9.55. The first-order valence-corrected chi connectivity index (χ1v) is 10.9. The smallest absolute Gasteiger partial charge is 0.328 e. The molecule has 0 radical (unpaired) electrons. The van der Waals surface area contributed by atoms with E-state index in [9.17, 15) is 9.59 Å². The fourth-order valence-electron chi connectivity index (χ4n) is 3.49. The summed E-state index contributed by atoms with van der Waals surface area (Å²) in [5.74, 6) is -1.81. The number of hydrogen-bond acceptors (Lipinski definition) is 3. The highest BCUT2D eigenvalue weighted by Gasteiger charge is 2.20. The number of piperidine rings is 1. The summed E-state index contributed by atoms with van der Waals surface area (Å²) in [6.07, 6.45) is 4.69. The zero-order chi connectivity index (χ0) is 22.8. The molecule has 7 heteroatoms. The molecule has 0 saturated carbocycles. The van der Waals surface area contributed by atoms with Gasteiger partial charge in [-0.2, -0.15) is 0 Å². The van der Waals surface area contributed by atoms with Crippen LogP contribution in [0.25, 0.3) is 0 Å². The van der Waals surface area contributed by atoms with Crippen molar-refractivity contribution in [2.24, 2.45) is 0 Å². The van der Waals surface area contributed by atoms with Gasteiger partial charge < -0.3 is 10.2 Å². The molecule has 2 aromatic carbocycles. The molecule has 1 saturated heterocycles. The fourth-order valence-corrected chi connectivity index (χ4v) is 3.81. The summed E-state index contributed by atoms with van der Waals surface area (Å²) in [6, 6.07) is 15.1. The maximum Gasteiger partial charge on any atom is 0.328 e. The van der Waals surface area contributed by atoms with Gasteiger partial charge in [0.15, 0.2) is 0 Å². The van der Waals surface area contributed by atoms with Gasteiger partial charge >= 0.3 is 11.9 Å². The number of carboxylic acids is 2. The number of aliphatic carboxylic acids is 2. The van der Waals surface area contributed by atoms with Crippen molar-refractivity contribution >= 4 is 35.1 Å². The van der Waals surface area contributed by atoms with E-state index < -0.39 is 11.9 Å². The van der Waals surface area contributed by atoms with Crippen LogP contribution in [-0.4, -0.2) is 40.1 Å². The third kappa shape index (κ3) is 8.74. The van der Waals surface area contributed by atoms with Crippen LogP contribution in [0, 0.1) is 0 Å². The first-order valence-electron chi connectivity index (χ1n) is 10.2. The molecule has 2 N–H and O–H groups in total. The van der Waals surface area contributed by atoms with Crippen molar-refractivity contribution in [2.45, 2.75) is 38.6 Å². The van der Waals surface area contributed by atoms with E-state index in [1.165, 1.54) is 29.5 Å². The molecule has 0 amide bonds. The van der Waals surface area contributed by atoms with Crippen LogP contribution in [0.2, 0.25) is 10.0 Å². The van der Waals surface area contributed by atoms with Crippen molar-refractivity contribution < 1.29 is 19.8 Å². The van der Waals surface area contributed by atoms with E-state index in [0.29, 0.717) is 28.1 Å². The molecular formula is C24H27Cl2NO4.